The summed E-state index contributed by atoms with van der Waals surface area (Å²) < 4.78 is 6.13. The van der Waals surface area contributed by atoms with E-state index in [1.165, 1.54) is 37.7 Å². The van der Waals surface area contributed by atoms with Gasteiger partial charge >= 0.3 is 0 Å². The molecule has 0 aliphatic heterocycles. The Balaban J connectivity index is 2.07. The summed E-state index contributed by atoms with van der Waals surface area (Å²) >= 11 is 0. The molecule has 1 aliphatic rings. The van der Waals surface area contributed by atoms with Gasteiger partial charge in [-0.05, 0) is 56.8 Å². The van der Waals surface area contributed by atoms with E-state index in [2.05, 4.69) is 17.2 Å². The van der Waals surface area contributed by atoms with Crippen LogP contribution in [0.4, 0.5) is 5.82 Å². The molecule has 2 rings (SSSR count). The van der Waals surface area contributed by atoms with E-state index in [9.17, 15) is 0 Å². The molecule has 1 fully saturated rings. The van der Waals surface area contributed by atoms with Crippen molar-refractivity contribution in [1.29, 1.82) is 0 Å². The molecule has 1 aromatic rings. The predicted molar refractivity (Wildman–Crippen MR) is 87.2 cm³/mol. The topological polar surface area (TPSA) is 60.2 Å². The van der Waals surface area contributed by atoms with Gasteiger partial charge in [0.2, 0.25) is 0 Å². The van der Waals surface area contributed by atoms with Crippen LogP contribution in [0.25, 0.3) is 0 Å². The summed E-state index contributed by atoms with van der Waals surface area (Å²) in [5.41, 5.74) is 7.02. The molecule has 0 bridgehead atoms. The van der Waals surface area contributed by atoms with E-state index in [1.54, 1.807) is 6.20 Å². The molecule has 0 amide bonds. The SMILES string of the molecule is CCOC(C1CCCCC1)C(Cc1ccnc(N)c1)NC. The van der Waals surface area contributed by atoms with Crippen molar-refractivity contribution in [3.63, 3.8) is 0 Å². The third kappa shape index (κ3) is 4.68. The summed E-state index contributed by atoms with van der Waals surface area (Å²) in [5, 5.41) is 3.47. The zero-order valence-corrected chi connectivity index (χ0v) is 13.3. The number of hydrogen-bond donors (Lipinski definition) is 2. The summed E-state index contributed by atoms with van der Waals surface area (Å²) in [4.78, 5) is 4.07. The lowest BCUT2D eigenvalue weighted by Gasteiger charge is -2.35. The Morgan fingerprint density at radius 3 is 2.76 bits per heavy atom. The fraction of sp³-hybridized carbons (Fsp3) is 0.706. The zero-order valence-electron chi connectivity index (χ0n) is 13.3. The highest BCUT2D eigenvalue weighted by molar-refractivity contribution is 5.32. The molecule has 1 aromatic heterocycles. The van der Waals surface area contributed by atoms with Gasteiger partial charge < -0.3 is 15.8 Å². The number of ether oxygens (including phenoxy) is 1. The molecular weight excluding hydrogens is 262 g/mol. The van der Waals surface area contributed by atoms with Gasteiger partial charge in [0.25, 0.3) is 0 Å². The van der Waals surface area contributed by atoms with E-state index in [0.29, 0.717) is 17.8 Å². The molecule has 1 aliphatic carbocycles. The van der Waals surface area contributed by atoms with Crippen LogP contribution in [0, 0.1) is 5.92 Å². The molecule has 1 heterocycles. The predicted octanol–water partition coefficient (Wildman–Crippen LogP) is 2.78. The standard InChI is InChI=1S/C17H29N3O/c1-3-21-17(14-7-5-4-6-8-14)15(19-2)11-13-9-10-20-16(18)12-13/h9-10,12,14-15,17,19H,3-8,11H2,1-2H3,(H2,18,20). The number of nitrogen functional groups attached to an aromatic ring is 1. The van der Waals surface area contributed by atoms with Crippen LogP contribution in [0.5, 0.6) is 0 Å². The molecule has 0 spiro atoms. The van der Waals surface area contributed by atoms with Gasteiger partial charge in [0.15, 0.2) is 0 Å². The van der Waals surface area contributed by atoms with E-state index >= 15 is 0 Å². The fourth-order valence-corrected chi connectivity index (χ4v) is 3.49. The summed E-state index contributed by atoms with van der Waals surface area (Å²) in [6.45, 7) is 2.87. The van der Waals surface area contributed by atoms with Gasteiger partial charge in [0.1, 0.15) is 5.82 Å². The molecule has 2 atom stereocenters. The van der Waals surface area contributed by atoms with Crippen LogP contribution in [0.15, 0.2) is 18.3 Å². The van der Waals surface area contributed by atoms with Crippen LogP contribution in [-0.2, 0) is 11.2 Å². The van der Waals surface area contributed by atoms with Gasteiger partial charge in [-0.1, -0.05) is 19.3 Å². The summed E-state index contributed by atoms with van der Waals surface area (Å²) in [6.07, 6.45) is 9.65. The molecular formula is C17H29N3O. The second-order valence-electron chi connectivity index (χ2n) is 6.01. The van der Waals surface area contributed by atoms with Crippen molar-refractivity contribution in [1.82, 2.24) is 10.3 Å². The largest absolute Gasteiger partial charge is 0.384 e. The number of pyridine rings is 1. The Kier molecular flexibility index (Phi) is 6.46. The number of anilines is 1. The normalized spacial score (nSPS) is 19.3. The Morgan fingerprint density at radius 1 is 1.38 bits per heavy atom. The van der Waals surface area contributed by atoms with Crippen LogP contribution < -0.4 is 11.1 Å². The van der Waals surface area contributed by atoms with Crippen LogP contribution in [0.1, 0.15) is 44.6 Å². The van der Waals surface area contributed by atoms with E-state index in [-0.39, 0.29) is 6.10 Å². The molecule has 4 heteroatoms. The summed E-state index contributed by atoms with van der Waals surface area (Å²) in [7, 11) is 2.03. The summed E-state index contributed by atoms with van der Waals surface area (Å²) in [6, 6.07) is 4.34. The highest BCUT2D eigenvalue weighted by atomic mass is 16.5. The van der Waals surface area contributed by atoms with Crippen LogP contribution in [0.3, 0.4) is 0 Å². The molecule has 1 saturated carbocycles. The van der Waals surface area contributed by atoms with Gasteiger partial charge in [-0.25, -0.2) is 4.98 Å². The van der Waals surface area contributed by atoms with Gasteiger partial charge in [-0.2, -0.15) is 0 Å². The van der Waals surface area contributed by atoms with Gasteiger partial charge in [0.05, 0.1) is 6.10 Å². The highest BCUT2D eigenvalue weighted by Gasteiger charge is 2.30. The number of nitrogens with two attached hydrogens (primary N) is 1. The molecule has 0 radical (unpaired) electrons. The maximum absolute atomic E-state index is 6.13. The summed E-state index contributed by atoms with van der Waals surface area (Å²) in [5.74, 6) is 1.27. The molecule has 3 N–H and O–H groups in total. The van der Waals surface area contributed by atoms with Crippen molar-refractivity contribution in [2.45, 2.75) is 57.6 Å². The first-order valence-corrected chi connectivity index (χ1v) is 8.23. The quantitative estimate of drug-likeness (QED) is 0.811. The fourth-order valence-electron chi connectivity index (χ4n) is 3.49. The van der Waals surface area contributed by atoms with Crippen molar-refractivity contribution in [2.75, 3.05) is 19.4 Å². The van der Waals surface area contributed by atoms with Crippen molar-refractivity contribution in [3.8, 4) is 0 Å². The molecule has 118 valence electrons. The maximum atomic E-state index is 6.13. The van der Waals surface area contributed by atoms with Crippen molar-refractivity contribution < 1.29 is 4.74 Å². The third-order valence-corrected chi connectivity index (χ3v) is 4.54. The lowest BCUT2D eigenvalue weighted by atomic mass is 9.81. The average Bonchev–Trinajstić information content (AvgIpc) is 2.51. The second-order valence-corrected chi connectivity index (χ2v) is 6.01. The van der Waals surface area contributed by atoms with Crippen LogP contribution in [0.2, 0.25) is 0 Å². The van der Waals surface area contributed by atoms with Gasteiger partial charge in [0, 0.05) is 18.8 Å². The Hall–Kier alpha value is -1.13. The van der Waals surface area contributed by atoms with E-state index in [4.69, 9.17) is 10.5 Å². The van der Waals surface area contributed by atoms with Gasteiger partial charge in [-0.15, -0.1) is 0 Å². The minimum absolute atomic E-state index is 0.287. The van der Waals surface area contributed by atoms with Crippen LogP contribution in [-0.4, -0.2) is 30.8 Å². The van der Waals surface area contributed by atoms with E-state index in [1.807, 2.05) is 19.2 Å². The first kappa shape index (κ1) is 16.2. The number of nitrogens with zero attached hydrogens (tertiary/aromatic N) is 1. The van der Waals surface area contributed by atoms with E-state index < -0.39 is 0 Å². The molecule has 0 saturated heterocycles. The van der Waals surface area contributed by atoms with Crippen molar-refractivity contribution >= 4 is 5.82 Å². The lowest BCUT2D eigenvalue weighted by molar-refractivity contribution is -0.0159. The lowest BCUT2D eigenvalue weighted by Crippen LogP contribution is -2.46. The molecule has 2 unspecified atom stereocenters. The molecule has 0 aromatic carbocycles. The van der Waals surface area contributed by atoms with Crippen molar-refractivity contribution in [2.24, 2.45) is 5.92 Å². The zero-order chi connectivity index (χ0) is 15.1. The van der Waals surface area contributed by atoms with Crippen LogP contribution >= 0.6 is 0 Å². The van der Waals surface area contributed by atoms with E-state index in [0.717, 1.165) is 13.0 Å². The minimum Gasteiger partial charge on any atom is -0.384 e. The first-order valence-electron chi connectivity index (χ1n) is 8.23. The first-order chi connectivity index (χ1) is 10.2. The number of aromatic nitrogens is 1. The monoisotopic (exact) mass is 291 g/mol. The molecule has 21 heavy (non-hydrogen) atoms. The highest BCUT2D eigenvalue weighted by Crippen LogP contribution is 2.30. The Morgan fingerprint density at radius 2 is 2.14 bits per heavy atom. The number of hydrogen-bond acceptors (Lipinski definition) is 4. The smallest absolute Gasteiger partial charge is 0.123 e. The Bertz CT molecular complexity index is 418. The second kappa shape index (κ2) is 8.35. The Labute approximate surface area is 128 Å². The van der Waals surface area contributed by atoms with Gasteiger partial charge in [-0.3, -0.25) is 0 Å². The number of rotatable bonds is 7. The molecule has 4 nitrogen and oxygen atoms in total. The minimum atomic E-state index is 0.287. The maximum Gasteiger partial charge on any atom is 0.123 e. The third-order valence-electron chi connectivity index (χ3n) is 4.54. The number of likely N-dealkylation sites (N-methyl/N-ethyl adjacent to an activating group) is 1. The average molecular weight is 291 g/mol. The van der Waals surface area contributed by atoms with Crippen molar-refractivity contribution in [3.05, 3.63) is 23.9 Å². The number of nitrogens with one attached hydrogen (secondary N) is 1.